The smallest absolute Gasteiger partial charge is 0.275 e. The fourth-order valence-corrected chi connectivity index (χ4v) is 3.90. The normalized spacial score (nSPS) is 17.3. The molecule has 2 aromatic carbocycles. The van der Waals surface area contributed by atoms with Crippen molar-refractivity contribution in [1.82, 2.24) is 10.2 Å². The van der Waals surface area contributed by atoms with E-state index >= 15 is 0 Å². The predicted octanol–water partition coefficient (Wildman–Crippen LogP) is 0.676. The van der Waals surface area contributed by atoms with Crippen molar-refractivity contribution in [2.24, 2.45) is 0 Å². The fraction of sp³-hybridized carbons (Fsp3) is 0.391. The van der Waals surface area contributed by atoms with Gasteiger partial charge < -0.3 is 24.6 Å². The van der Waals surface area contributed by atoms with Crippen LogP contribution in [0.1, 0.15) is 28.9 Å². The van der Waals surface area contributed by atoms with Gasteiger partial charge in [0.15, 0.2) is 18.0 Å². The Hall–Kier alpha value is -3.06. The highest BCUT2D eigenvalue weighted by atomic mass is 16.6. The summed E-state index contributed by atoms with van der Waals surface area (Å²) in [5.74, 6) is 1.54. The maximum atomic E-state index is 12.6. The van der Waals surface area contributed by atoms with Gasteiger partial charge in [-0.3, -0.25) is 9.59 Å². The number of rotatable bonds is 5. The van der Waals surface area contributed by atoms with E-state index in [2.05, 4.69) is 5.32 Å². The number of quaternary nitrogens is 1. The van der Waals surface area contributed by atoms with Crippen molar-refractivity contribution < 1.29 is 24.0 Å². The van der Waals surface area contributed by atoms with Gasteiger partial charge in [0.2, 0.25) is 0 Å². The molecule has 2 N–H and O–H groups in total. The van der Waals surface area contributed by atoms with Crippen LogP contribution < -0.4 is 19.7 Å². The van der Waals surface area contributed by atoms with Crippen LogP contribution in [-0.2, 0) is 4.79 Å². The lowest BCUT2D eigenvalue weighted by molar-refractivity contribution is -0.896. The number of benzene rings is 2. The topological polar surface area (TPSA) is 72.3 Å². The van der Waals surface area contributed by atoms with Crippen LogP contribution in [0.2, 0.25) is 0 Å². The summed E-state index contributed by atoms with van der Waals surface area (Å²) in [6.45, 7) is 6.33. The van der Waals surface area contributed by atoms with Gasteiger partial charge in [0.05, 0.1) is 32.2 Å². The quantitative estimate of drug-likeness (QED) is 0.760. The second-order valence-corrected chi connectivity index (χ2v) is 7.78. The molecule has 2 aliphatic heterocycles. The number of nitrogens with one attached hydrogen (secondary N) is 2. The Balaban J connectivity index is 1.25. The zero-order valence-electron chi connectivity index (χ0n) is 17.2. The number of hydrogen-bond donors (Lipinski definition) is 2. The fourth-order valence-electron chi connectivity index (χ4n) is 3.90. The lowest BCUT2D eigenvalue weighted by atomic mass is 10.1. The van der Waals surface area contributed by atoms with Crippen molar-refractivity contribution >= 4 is 11.8 Å². The van der Waals surface area contributed by atoms with Crippen LogP contribution in [0, 0.1) is 0 Å². The highest BCUT2D eigenvalue weighted by Gasteiger charge is 2.26. The molecular formula is C23H28N3O4+. The SMILES string of the molecule is C[C@H](NC(=O)C[NH+]1CCN(C(=O)c2ccccc2)CC1)c1ccc2c(c1)OCCO2. The maximum absolute atomic E-state index is 12.6. The van der Waals surface area contributed by atoms with Crippen molar-refractivity contribution in [2.45, 2.75) is 13.0 Å². The first-order chi connectivity index (χ1) is 14.6. The highest BCUT2D eigenvalue weighted by molar-refractivity contribution is 5.94. The van der Waals surface area contributed by atoms with Gasteiger partial charge in [-0.25, -0.2) is 0 Å². The lowest BCUT2D eigenvalue weighted by Gasteiger charge is -2.32. The number of ether oxygens (including phenoxy) is 2. The molecule has 2 aliphatic rings. The zero-order valence-corrected chi connectivity index (χ0v) is 17.2. The number of amides is 2. The number of fused-ring (bicyclic) bond motifs is 1. The summed E-state index contributed by atoms with van der Waals surface area (Å²) in [4.78, 5) is 28.2. The Kier molecular flexibility index (Phi) is 6.18. The van der Waals surface area contributed by atoms with Gasteiger partial charge in [-0.1, -0.05) is 24.3 Å². The summed E-state index contributed by atoms with van der Waals surface area (Å²) in [6.07, 6.45) is 0. The zero-order chi connectivity index (χ0) is 20.9. The van der Waals surface area contributed by atoms with E-state index in [0.717, 1.165) is 30.2 Å². The van der Waals surface area contributed by atoms with Crippen molar-refractivity contribution in [1.29, 1.82) is 0 Å². The third-order valence-corrected chi connectivity index (χ3v) is 5.63. The van der Waals surface area contributed by atoms with E-state index in [1.54, 1.807) is 0 Å². The summed E-state index contributed by atoms with van der Waals surface area (Å²) < 4.78 is 11.2. The van der Waals surface area contributed by atoms with E-state index in [4.69, 9.17) is 9.47 Å². The molecule has 30 heavy (non-hydrogen) atoms. The minimum Gasteiger partial charge on any atom is -0.486 e. The summed E-state index contributed by atoms with van der Waals surface area (Å²) in [5.41, 5.74) is 1.70. The van der Waals surface area contributed by atoms with E-state index in [1.807, 2.05) is 60.4 Å². The molecule has 158 valence electrons. The molecule has 1 fully saturated rings. The van der Waals surface area contributed by atoms with Gasteiger partial charge in [-0.2, -0.15) is 0 Å². The summed E-state index contributed by atoms with van der Waals surface area (Å²) in [7, 11) is 0. The van der Waals surface area contributed by atoms with Crippen LogP contribution in [0.5, 0.6) is 11.5 Å². The molecular weight excluding hydrogens is 382 g/mol. The third-order valence-electron chi connectivity index (χ3n) is 5.63. The molecule has 2 heterocycles. The Morgan fingerprint density at radius 2 is 1.73 bits per heavy atom. The molecule has 0 aliphatic carbocycles. The highest BCUT2D eigenvalue weighted by Crippen LogP contribution is 2.32. The van der Waals surface area contributed by atoms with Crippen LogP contribution in [0.25, 0.3) is 0 Å². The van der Waals surface area contributed by atoms with Crippen LogP contribution in [0.3, 0.4) is 0 Å². The Bertz CT molecular complexity index is 895. The minimum atomic E-state index is -0.117. The Morgan fingerprint density at radius 1 is 1.03 bits per heavy atom. The molecule has 0 saturated carbocycles. The maximum Gasteiger partial charge on any atom is 0.275 e. The summed E-state index contributed by atoms with van der Waals surface area (Å²) in [5, 5.41) is 3.07. The van der Waals surface area contributed by atoms with Crippen LogP contribution in [-0.4, -0.2) is 62.7 Å². The molecule has 0 bridgehead atoms. The van der Waals surface area contributed by atoms with Gasteiger partial charge in [-0.05, 0) is 36.8 Å². The largest absolute Gasteiger partial charge is 0.486 e. The van der Waals surface area contributed by atoms with Gasteiger partial charge >= 0.3 is 0 Å². The van der Waals surface area contributed by atoms with Crippen LogP contribution in [0.15, 0.2) is 48.5 Å². The van der Waals surface area contributed by atoms with Crippen molar-refractivity contribution in [3.05, 3.63) is 59.7 Å². The molecule has 1 saturated heterocycles. The molecule has 7 nitrogen and oxygen atoms in total. The second kappa shape index (κ2) is 9.17. The van der Waals surface area contributed by atoms with Gasteiger partial charge in [0.25, 0.3) is 11.8 Å². The first kappa shape index (κ1) is 20.2. The first-order valence-corrected chi connectivity index (χ1v) is 10.5. The average molecular weight is 410 g/mol. The lowest BCUT2D eigenvalue weighted by Crippen LogP contribution is -3.15. The molecule has 0 unspecified atom stereocenters. The summed E-state index contributed by atoms with van der Waals surface area (Å²) >= 11 is 0. The number of nitrogens with zero attached hydrogens (tertiary/aromatic N) is 1. The van der Waals surface area contributed by atoms with Crippen LogP contribution >= 0.6 is 0 Å². The standard InChI is InChI=1S/C23H27N3O4/c1-17(19-7-8-20-21(15-19)30-14-13-29-20)24-22(27)16-25-9-11-26(12-10-25)23(28)18-5-3-2-4-6-18/h2-8,15,17H,9-14,16H2,1H3,(H,24,27)/p+1/t17-/m0/s1. The molecule has 2 aromatic rings. The number of carbonyl (C=O) groups excluding carboxylic acids is 2. The Morgan fingerprint density at radius 3 is 2.47 bits per heavy atom. The average Bonchev–Trinajstić information content (AvgIpc) is 2.79. The second-order valence-electron chi connectivity index (χ2n) is 7.78. The molecule has 4 rings (SSSR count). The number of carbonyl (C=O) groups is 2. The van der Waals surface area contributed by atoms with Crippen LogP contribution in [0.4, 0.5) is 0 Å². The van der Waals surface area contributed by atoms with Crippen molar-refractivity contribution in [2.75, 3.05) is 45.9 Å². The van der Waals surface area contributed by atoms with Gasteiger partial charge in [0.1, 0.15) is 13.2 Å². The summed E-state index contributed by atoms with van der Waals surface area (Å²) in [6, 6.07) is 15.0. The number of hydrogen-bond acceptors (Lipinski definition) is 4. The van der Waals surface area contributed by atoms with Crippen molar-refractivity contribution in [3.8, 4) is 11.5 Å². The minimum absolute atomic E-state index is 0.00947. The number of piperazine rings is 1. The first-order valence-electron chi connectivity index (χ1n) is 10.5. The van der Waals surface area contributed by atoms with Crippen molar-refractivity contribution in [3.63, 3.8) is 0 Å². The Labute approximate surface area is 176 Å². The van der Waals surface area contributed by atoms with Gasteiger partial charge in [0, 0.05) is 5.56 Å². The molecule has 0 spiro atoms. The van der Waals surface area contributed by atoms with E-state index < -0.39 is 0 Å². The van der Waals surface area contributed by atoms with E-state index in [1.165, 1.54) is 4.90 Å². The third kappa shape index (κ3) is 4.74. The van der Waals surface area contributed by atoms with E-state index in [9.17, 15) is 9.59 Å². The molecule has 2 amide bonds. The molecule has 1 atom stereocenters. The van der Waals surface area contributed by atoms with Gasteiger partial charge in [-0.15, -0.1) is 0 Å². The van der Waals surface area contributed by atoms with E-state index in [0.29, 0.717) is 38.4 Å². The molecule has 0 radical (unpaired) electrons. The monoisotopic (exact) mass is 410 g/mol. The molecule has 0 aromatic heterocycles. The molecule has 7 heteroatoms. The predicted molar refractivity (Wildman–Crippen MR) is 112 cm³/mol. The van der Waals surface area contributed by atoms with E-state index in [-0.39, 0.29) is 17.9 Å².